The van der Waals surface area contributed by atoms with Gasteiger partial charge in [0.05, 0.1) is 23.2 Å². The Bertz CT molecular complexity index is 1120. The normalized spacial score (nSPS) is 12.1. The SMILES string of the molecule is Cc1nn(Cc2ccccc2)c(C)c1CNC(=O)c1cc2c(cc1[N+](=O)[O-])OCO2. The lowest BCUT2D eigenvalue weighted by molar-refractivity contribution is -0.385. The van der Waals surface area contributed by atoms with Crippen molar-refractivity contribution in [3.63, 3.8) is 0 Å². The molecule has 0 atom stereocenters. The second-order valence-corrected chi connectivity index (χ2v) is 6.96. The molecule has 0 spiro atoms. The molecule has 0 unspecified atom stereocenters. The molecular formula is C21H20N4O5. The van der Waals surface area contributed by atoms with Crippen LogP contribution in [0.1, 0.15) is 32.9 Å². The number of hydrogen-bond donors (Lipinski definition) is 1. The number of nitro benzene ring substituents is 1. The van der Waals surface area contributed by atoms with E-state index in [1.165, 1.54) is 12.1 Å². The fourth-order valence-corrected chi connectivity index (χ4v) is 3.43. The topological polar surface area (TPSA) is 109 Å². The van der Waals surface area contributed by atoms with E-state index in [4.69, 9.17) is 9.47 Å². The first-order valence-electron chi connectivity index (χ1n) is 9.37. The van der Waals surface area contributed by atoms with Crippen molar-refractivity contribution < 1.29 is 19.2 Å². The minimum atomic E-state index is -0.606. The van der Waals surface area contributed by atoms with Crippen molar-refractivity contribution in [2.45, 2.75) is 26.9 Å². The summed E-state index contributed by atoms with van der Waals surface area (Å²) in [6.45, 7) is 4.61. The lowest BCUT2D eigenvalue weighted by atomic mass is 10.1. The van der Waals surface area contributed by atoms with Gasteiger partial charge in [-0.3, -0.25) is 19.6 Å². The number of ether oxygens (including phenoxy) is 2. The molecule has 2 aromatic carbocycles. The van der Waals surface area contributed by atoms with Gasteiger partial charge < -0.3 is 14.8 Å². The first-order valence-corrected chi connectivity index (χ1v) is 9.37. The number of carbonyl (C=O) groups excluding carboxylic acids is 1. The molecule has 1 aromatic heterocycles. The molecule has 1 N–H and O–H groups in total. The molecule has 1 amide bonds. The van der Waals surface area contributed by atoms with E-state index in [9.17, 15) is 14.9 Å². The van der Waals surface area contributed by atoms with E-state index in [0.717, 1.165) is 22.5 Å². The molecule has 9 nitrogen and oxygen atoms in total. The van der Waals surface area contributed by atoms with Crippen LogP contribution in [-0.4, -0.2) is 27.4 Å². The Hall–Kier alpha value is -3.88. The van der Waals surface area contributed by atoms with E-state index in [1.54, 1.807) is 0 Å². The number of benzene rings is 2. The third kappa shape index (κ3) is 3.69. The number of nitro groups is 1. The average molecular weight is 408 g/mol. The van der Waals surface area contributed by atoms with Crippen molar-refractivity contribution in [1.29, 1.82) is 0 Å². The van der Waals surface area contributed by atoms with Gasteiger partial charge >= 0.3 is 0 Å². The van der Waals surface area contributed by atoms with Gasteiger partial charge in [-0.15, -0.1) is 0 Å². The summed E-state index contributed by atoms with van der Waals surface area (Å²) in [4.78, 5) is 23.5. The Morgan fingerprint density at radius 3 is 2.60 bits per heavy atom. The molecule has 0 fully saturated rings. The summed E-state index contributed by atoms with van der Waals surface area (Å²) >= 11 is 0. The van der Waals surface area contributed by atoms with Crippen LogP contribution in [0.3, 0.4) is 0 Å². The summed E-state index contributed by atoms with van der Waals surface area (Å²) in [5, 5.41) is 18.7. The van der Waals surface area contributed by atoms with Crippen molar-refractivity contribution in [3.8, 4) is 11.5 Å². The summed E-state index contributed by atoms with van der Waals surface area (Å²) in [5.41, 5.74) is 3.32. The van der Waals surface area contributed by atoms with Crippen molar-refractivity contribution in [2.24, 2.45) is 0 Å². The van der Waals surface area contributed by atoms with Gasteiger partial charge in [-0.25, -0.2) is 0 Å². The number of nitrogens with one attached hydrogen (secondary N) is 1. The smallest absolute Gasteiger partial charge is 0.286 e. The Morgan fingerprint density at radius 1 is 1.20 bits per heavy atom. The van der Waals surface area contributed by atoms with Crippen LogP contribution in [0.2, 0.25) is 0 Å². The van der Waals surface area contributed by atoms with Crippen molar-refractivity contribution in [3.05, 3.63) is 80.7 Å². The van der Waals surface area contributed by atoms with Gasteiger partial charge in [-0.1, -0.05) is 30.3 Å². The predicted molar refractivity (Wildman–Crippen MR) is 108 cm³/mol. The van der Waals surface area contributed by atoms with Crippen LogP contribution in [0.4, 0.5) is 5.69 Å². The monoisotopic (exact) mass is 408 g/mol. The number of nitrogens with zero attached hydrogens (tertiary/aromatic N) is 3. The number of hydrogen-bond acceptors (Lipinski definition) is 6. The van der Waals surface area contributed by atoms with Gasteiger partial charge in [-0.05, 0) is 19.4 Å². The maximum Gasteiger partial charge on any atom is 0.286 e. The summed E-state index contributed by atoms with van der Waals surface area (Å²) < 4.78 is 12.3. The molecule has 9 heteroatoms. The van der Waals surface area contributed by atoms with E-state index in [-0.39, 0.29) is 30.3 Å². The highest BCUT2D eigenvalue weighted by molar-refractivity contribution is 5.99. The Kier molecular flexibility index (Phi) is 5.09. The van der Waals surface area contributed by atoms with Crippen LogP contribution in [-0.2, 0) is 13.1 Å². The molecule has 30 heavy (non-hydrogen) atoms. The summed E-state index contributed by atoms with van der Waals surface area (Å²) in [6.07, 6.45) is 0. The van der Waals surface area contributed by atoms with Crippen LogP contribution in [0.5, 0.6) is 11.5 Å². The van der Waals surface area contributed by atoms with E-state index < -0.39 is 10.8 Å². The number of carbonyl (C=O) groups is 1. The molecule has 2 heterocycles. The van der Waals surface area contributed by atoms with Crippen molar-refractivity contribution in [2.75, 3.05) is 6.79 Å². The van der Waals surface area contributed by atoms with Crippen molar-refractivity contribution in [1.82, 2.24) is 15.1 Å². The number of rotatable bonds is 6. The maximum absolute atomic E-state index is 12.7. The minimum absolute atomic E-state index is 0.0312. The van der Waals surface area contributed by atoms with Crippen LogP contribution in [0.15, 0.2) is 42.5 Å². The molecule has 0 aliphatic carbocycles. The van der Waals surface area contributed by atoms with Gasteiger partial charge in [0.15, 0.2) is 11.5 Å². The van der Waals surface area contributed by atoms with Crippen LogP contribution in [0.25, 0.3) is 0 Å². The zero-order valence-electron chi connectivity index (χ0n) is 16.5. The van der Waals surface area contributed by atoms with E-state index in [0.29, 0.717) is 12.3 Å². The van der Waals surface area contributed by atoms with Crippen LogP contribution >= 0.6 is 0 Å². The number of amides is 1. The molecule has 3 aromatic rings. The first-order chi connectivity index (χ1) is 14.4. The summed E-state index contributed by atoms with van der Waals surface area (Å²) in [7, 11) is 0. The molecule has 0 radical (unpaired) electrons. The van der Waals surface area contributed by atoms with Gasteiger partial charge in [0.1, 0.15) is 5.56 Å². The minimum Gasteiger partial charge on any atom is -0.454 e. The van der Waals surface area contributed by atoms with Gasteiger partial charge in [0.25, 0.3) is 11.6 Å². The maximum atomic E-state index is 12.7. The molecule has 0 bridgehead atoms. The fraction of sp³-hybridized carbons (Fsp3) is 0.238. The number of aromatic nitrogens is 2. The molecule has 1 aliphatic rings. The second kappa shape index (κ2) is 7.86. The molecular weight excluding hydrogens is 388 g/mol. The largest absolute Gasteiger partial charge is 0.454 e. The van der Waals surface area contributed by atoms with Crippen LogP contribution < -0.4 is 14.8 Å². The fourth-order valence-electron chi connectivity index (χ4n) is 3.43. The Morgan fingerprint density at radius 2 is 1.90 bits per heavy atom. The highest BCUT2D eigenvalue weighted by atomic mass is 16.7. The van der Waals surface area contributed by atoms with E-state index in [2.05, 4.69) is 10.4 Å². The third-order valence-corrected chi connectivity index (χ3v) is 5.06. The molecule has 0 saturated heterocycles. The lowest BCUT2D eigenvalue weighted by Gasteiger charge is -2.08. The standard InChI is InChI=1S/C21H20N4O5/c1-13-17(14(2)24(23-13)11-15-6-4-3-5-7-15)10-22-21(26)16-8-19-20(30-12-29-19)9-18(16)25(27)28/h3-9H,10-12H2,1-2H3,(H,22,26). The highest BCUT2D eigenvalue weighted by Gasteiger charge is 2.27. The van der Waals surface area contributed by atoms with Gasteiger partial charge in [-0.2, -0.15) is 5.10 Å². The molecule has 154 valence electrons. The molecule has 4 rings (SSSR count). The first kappa shape index (κ1) is 19.4. The molecule has 0 saturated carbocycles. The number of aryl methyl sites for hydroxylation is 1. The predicted octanol–water partition coefficient (Wildman–Crippen LogP) is 3.12. The third-order valence-electron chi connectivity index (χ3n) is 5.06. The summed E-state index contributed by atoms with van der Waals surface area (Å²) in [5.74, 6) is 0.00975. The van der Waals surface area contributed by atoms with Crippen LogP contribution in [0, 0.1) is 24.0 Å². The lowest BCUT2D eigenvalue weighted by Crippen LogP contribution is -2.24. The average Bonchev–Trinajstić information content (AvgIpc) is 3.30. The second-order valence-electron chi connectivity index (χ2n) is 6.96. The zero-order chi connectivity index (χ0) is 21.3. The van der Waals surface area contributed by atoms with Gasteiger partial charge in [0.2, 0.25) is 6.79 Å². The zero-order valence-corrected chi connectivity index (χ0v) is 16.5. The van der Waals surface area contributed by atoms with Crippen molar-refractivity contribution >= 4 is 11.6 Å². The summed E-state index contributed by atoms with van der Waals surface area (Å²) in [6, 6.07) is 12.5. The quantitative estimate of drug-likeness (QED) is 0.496. The van der Waals surface area contributed by atoms with Gasteiger partial charge in [0, 0.05) is 23.9 Å². The molecule has 1 aliphatic heterocycles. The Labute approximate surface area is 172 Å². The van der Waals surface area contributed by atoms with E-state index >= 15 is 0 Å². The number of fused-ring (bicyclic) bond motifs is 1. The van der Waals surface area contributed by atoms with E-state index in [1.807, 2.05) is 48.9 Å². The highest BCUT2D eigenvalue weighted by Crippen LogP contribution is 2.37. The Balaban J connectivity index is 1.53.